The number of nitrogens with one attached hydrogen (secondary N) is 8. The van der Waals surface area contributed by atoms with Crippen LogP contribution in [0.2, 0.25) is 0 Å². The van der Waals surface area contributed by atoms with Crippen LogP contribution in [0.1, 0.15) is 151 Å². The zero-order valence-electron chi connectivity index (χ0n) is 71.7. The molecule has 42 heteroatoms. The average molecular weight is 1770 g/mol. The summed E-state index contributed by atoms with van der Waals surface area (Å²) in [5, 5.41) is 51.9. The number of carbonyl (C=O) groups excluding carboxylic acids is 12. The van der Waals surface area contributed by atoms with Crippen LogP contribution in [-0.2, 0) is 144 Å². The van der Waals surface area contributed by atoms with Crippen LogP contribution in [0.3, 0.4) is 0 Å². The standard InChI is InChI=1S/C83H119FN12O29/c1-7-83(114)58-46-64-75-56(48-96(64)81(112)57(58)49-125-82(83)113)74-60(16-15-55-51(2)59(84)47-63(92-75)73(55)74)93-78(109)54(5)88-76(107)52(3)87-77(108)53(4)89-80(111)62(17-18-68(100)94(26-21-71(103)104)27-22-72(105)106)91-65(97)13-10-24-86-79(110)61(90-66(98)14-11-25-95-69(101)19-20-70(95)102)12-8-9-23-85-67(99)50-124-45-44-123-43-42-122-41-40-121-39-38-120-37-36-119-35-34-118-33-32-117-31-30-116-29-28-115-6/h19-20,46-47,52-54,60-62,114H,7-18,21-45,48-50H2,1-6H3,(H,85,99)(H,86,110)(H,87,108)(H,88,107)(H,89,111)(H,90,98)(H,91,97)(H,93,109)(H,103,104)(H,105,106)/t52-,53-,54-,60-,61-,62-,83-/m0/s1. The summed E-state index contributed by atoms with van der Waals surface area (Å²) in [7, 11) is 1.62. The minimum absolute atomic E-state index is 0.0396. The van der Waals surface area contributed by atoms with E-state index < -0.39 is 175 Å². The Balaban J connectivity index is 0.842. The van der Waals surface area contributed by atoms with Gasteiger partial charge in [0.05, 0.1) is 167 Å². The highest BCUT2D eigenvalue weighted by Gasteiger charge is 2.46. The maximum absolute atomic E-state index is 15.6. The number of hydrogen-bond donors (Lipinski definition) is 11. The molecular weight excluding hydrogens is 1650 g/mol. The number of imide groups is 1. The van der Waals surface area contributed by atoms with Crippen molar-refractivity contribution in [1.29, 1.82) is 0 Å². The first kappa shape index (κ1) is 102. The molecule has 1 aromatic carbocycles. The number of fused-ring (bicyclic) bond motifs is 5. The quantitative estimate of drug-likeness (QED) is 0.0149. The van der Waals surface area contributed by atoms with Gasteiger partial charge in [-0.05, 0) is 108 Å². The van der Waals surface area contributed by atoms with E-state index in [4.69, 9.17) is 57.1 Å². The lowest BCUT2D eigenvalue weighted by atomic mass is 9.81. The number of unbranched alkanes of at least 4 members (excludes halogenated alkanes) is 1. The molecule has 7 atom stereocenters. The Hall–Kier alpha value is -10.4. The van der Waals surface area contributed by atoms with Crippen molar-refractivity contribution in [2.24, 2.45) is 0 Å². The summed E-state index contributed by atoms with van der Waals surface area (Å²) in [5.41, 5.74) is 0.336. The molecule has 2 aromatic heterocycles. The number of ether oxygens (including phenoxy) is 11. The molecule has 5 heterocycles. The van der Waals surface area contributed by atoms with Gasteiger partial charge in [-0.25, -0.2) is 14.2 Å². The van der Waals surface area contributed by atoms with Gasteiger partial charge in [0, 0.05) is 93.8 Å². The van der Waals surface area contributed by atoms with Gasteiger partial charge in [-0.2, -0.15) is 0 Å². The Bertz CT molecular complexity index is 4280. The van der Waals surface area contributed by atoms with Crippen LogP contribution < -0.4 is 48.1 Å². The summed E-state index contributed by atoms with van der Waals surface area (Å²) >= 11 is 0. The third-order valence-corrected chi connectivity index (χ3v) is 20.9. The second kappa shape index (κ2) is 53.2. The van der Waals surface area contributed by atoms with Gasteiger partial charge in [-0.15, -0.1) is 0 Å². The van der Waals surface area contributed by atoms with Gasteiger partial charge in [0.25, 0.3) is 17.4 Å². The number of amides is 11. The molecule has 4 aliphatic rings. The number of methoxy groups -OCH3 is 1. The van der Waals surface area contributed by atoms with Crippen LogP contribution in [0.5, 0.6) is 0 Å². The number of carboxylic acids is 2. The number of carboxylic acid groups (broad SMARTS) is 2. The number of benzene rings is 1. The van der Waals surface area contributed by atoms with Gasteiger partial charge in [0.2, 0.25) is 53.2 Å². The highest BCUT2D eigenvalue weighted by Crippen LogP contribution is 2.46. The molecule has 11 N–H and O–H groups in total. The highest BCUT2D eigenvalue weighted by atomic mass is 19.1. The van der Waals surface area contributed by atoms with Crippen molar-refractivity contribution in [2.75, 3.05) is 165 Å². The molecule has 1 aliphatic carbocycles. The zero-order chi connectivity index (χ0) is 91.0. The number of aryl methyl sites for hydroxylation is 1. The highest BCUT2D eigenvalue weighted by molar-refractivity contribution is 6.13. The summed E-state index contributed by atoms with van der Waals surface area (Å²) in [5.74, 6) is -11.8. The summed E-state index contributed by atoms with van der Waals surface area (Å²) in [6, 6.07) is -4.81. The van der Waals surface area contributed by atoms with Crippen LogP contribution in [0, 0.1) is 12.7 Å². The largest absolute Gasteiger partial charge is 0.481 e. The second-order valence-corrected chi connectivity index (χ2v) is 30.0. The molecule has 3 aliphatic heterocycles. The first-order chi connectivity index (χ1) is 60.0. The molecule has 0 saturated heterocycles. The Morgan fingerprint density at radius 1 is 0.576 bits per heavy atom. The Morgan fingerprint density at radius 3 is 1.60 bits per heavy atom. The fourth-order valence-electron chi connectivity index (χ4n) is 14.0. The molecule has 3 aromatic rings. The van der Waals surface area contributed by atoms with Crippen LogP contribution in [0.4, 0.5) is 4.39 Å². The lowest BCUT2D eigenvalue weighted by Gasteiger charge is -2.31. The van der Waals surface area contributed by atoms with Gasteiger partial charge in [0.15, 0.2) is 5.60 Å². The SMILES string of the molecule is CC[C@@]1(O)C(=O)OCc2c1cc1n(c2=O)Cc2c-1nc1cc(F)c(C)c3c1c2[C@@H](NC(=O)[C@H](C)NC(=O)[C@H](C)NC(=O)[C@H](C)NC(=O)[C@H](CCC(=O)N(CCC(=O)O)CCC(=O)O)NC(=O)CCCNC(=O)[C@H](CCCCNC(=O)COCCOCCOCCOCCOCCOCCOCCOCCOCCOC)NC(=O)CCCN1C(=O)C=CC1=O)CC3. The van der Waals surface area contributed by atoms with Gasteiger partial charge < -0.3 is 119 Å². The molecule has 41 nitrogen and oxygen atoms in total. The topological polar surface area (TPSA) is 539 Å². The van der Waals surface area contributed by atoms with Crippen molar-refractivity contribution in [3.63, 3.8) is 0 Å². The van der Waals surface area contributed by atoms with Crippen LogP contribution in [0.15, 0.2) is 29.1 Å². The van der Waals surface area contributed by atoms with Crippen molar-refractivity contribution >= 4 is 93.8 Å². The van der Waals surface area contributed by atoms with Crippen molar-refractivity contribution < 1.29 is 139 Å². The minimum atomic E-state index is -2.13. The van der Waals surface area contributed by atoms with E-state index in [0.29, 0.717) is 146 Å². The van der Waals surface area contributed by atoms with E-state index >= 15 is 4.39 Å². The molecule has 7 rings (SSSR count). The van der Waals surface area contributed by atoms with E-state index in [1.165, 1.54) is 37.5 Å². The molecular formula is C83H119FN12O29. The Labute approximate surface area is 721 Å². The maximum atomic E-state index is 15.6. The van der Waals surface area contributed by atoms with Crippen molar-refractivity contribution in [2.45, 2.75) is 180 Å². The van der Waals surface area contributed by atoms with E-state index in [-0.39, 0.29) is 132 Å². The van der Waals surface area contributed by atoms with Gasteiger partial charge in [-0.1, -0.05) is 6.92 Å². The number of halogens is 1. The zero-order valence-corrected chi connectivity index (χ0v) is 71.7. The first-order valence-corrected chi connectivity index (χ1v) is 42.1. The summed E-state index contributed by atoms with van der Waals surface area (Å²) in [6.45, 7) is 12.7. The number of carbonyl (C=O) groups is 14. The van der Waals surface area contributed by atoms with Gasteiger partial charge in [0.1, 0.15) is 49.2 Å². The van der Waals surface area contributed by atoms with E-state index in [2.05, 4.69) is 42.5 Å². The van der Waals surface area contributed by atoms with Crippen molar-refractivity contribution in [1.82, 2.24) is 61.9 Å². The maximum Gasteiger partial charge on any atom is 0.343 e. The van der Waals surface area contributed by atoms with E-state index in [1.54, 1.807) is 21.0 Å². The lowest BCUT2D eigenvalue weighted by Crippen LogP contribution is -2.56. The summed E-state index contributed by atoms with van der Waals surface area (Å²) in [4.78, 5) is 204. The third-order valence-electron chi connectivity index (χ3n) is 20.9. The van der Waals surface area contributed by atoms with Crippen molar-refractivity contribution in [3.8, 4) is 11.4 Å². The molecule has 125 heavy (non-hydrogen) atoms. The first-order valence-electron chi connectivity index (χ1n) is 42.1. The molecule has 0 fully saturated rings. The monoisotopic (exact) mass is 1770 g/mol. The second-order valence-electron chi connectivity index (χ2n) is 30.0. The number of aliphatic hydroxyl groups is 1. The third kappa shape index (κ3) is 32.2. The molecule has 0 bridgehead atoms. The summed E-state index contributed by atoms with van der Waals surface area (Å²) in [6.07, 6.45) is 0.748. The number of nitrogens with zero attached hydrogens (tertiary/aromatic N) is 4. The average Bonchev–Trinajstić information content (AvgIpc) is 1.56. The predicted molar refractivity (Wildman–Crippen MR) is 439 cm³/mol. The number of pyridine rings is 2. The molecule has 0 unspecified atom stereocenters. The van der Waals surface area contributed by atoms with E-state index in [0.717, 1.165) is 22.0 Å². The van der Waals surface area contributed by atoms with Crippen LogP contribution >= 0.6 is 0 Å². The molecule has 0 spiro atoms. The predicted octanol–water partition coefficient (Wildman–Crippen LogP) is -0.644. The normalized spacial score (nSPS) is 16.0. The Kier molecular flexibility index (Phi) is 43.2. The fourth-order valence-corrected chi connectivity index (χ4v) is 14.0. The van der Waals surface area contributed by atoms with Crippen LogP contribution in [0.25, 0.3) is 22.3 Å². The molecule has 0 saturated carbocycles. The van der Waals surface area contributed by atoms with Crippen molar-refractivity contribution in [3.05, 3.63) is 73.8 Å². The minimum Gasteiger partial charge on any atom is -0.481 e. The number of aromatic nitrogens is 2. The lowest BCUT2D eigenvalue weighted by molar-refractivity contribution is -0.172. The molecule has 692 valence electrons. The van der Waals surface area contributed by atoms with Crippen LogP contribution in [-0.4, -0.2) is 313 Å². The Morgan fingerprint density at radius 2 is 1.07 bits per heavy atom. The number of aliphatic carboxylic acids is 2. The smallest absolute Gasteiger partial charge is 0.343 e. The molecule has 0 radical (unpaired) electrons. The van der Waals surface area contributed by atoms with Gasteiger partial charge in [-0.3, -0.25) is 72.0 Å². The number of esters is 1. The number of rotatable bonds is 63. The number of cyclic esters (lactones) is 1. The number of hydrogen-bond acceptors (Lipinski definition) is 28. The molecule has 11 amide bonds. The summed E-state index contributed by atoms with van der Waals surface area (Å²) < 4.78 is 76.3. The van der Waals surface area contributed by atoms with E-state index in [1.807, 2.05) is 0 Å². The fraction of sp³-hybridized carbons (Fsp3) is 0.639. The van der Waals surface area contributed by atoms with Gasteiger partial charge >= 0.3 is 17.9 Å². The van der Waals surface area contributed by atoms with E-state index in [9.17, 15) is 87.2 Å².